The Morgan fingerprint density at radius 3 is 2.33 bits per heavy atom. The number of hydrogen-bond donors (Lipinski definition) is 1. The number of anilines is 2. The molecule has 1 aromatic carbocycles. The Morgan fingerprint density at radius 1 is 1.17 bits per heavy atom. The van der Waals surface area contributed by atoms with Crippen molar-refractivity contribution in [3.63, 3.8) is 0 Å². The van der Waals surface area contributed by atoms with Crippen molar-refractivity contribution < 1.29 is 4.42 Å². The first-order valence-corrected chi connectivity index (χ1v) is 6.28. The first kappa shape index (κ1) is 12.9. The van der Waals surface area contributed by atoms with E-state index in [1.807, 2.05) is 12.1 Å². The molecule has 1 aromatic heterocycles. The highest BCUT2D eigenvalue weighted by atomic mass is 35.5. The molecule has 0 bridgehead atoms. The third kappa shape index (κ3) is 3.01. The van der Waals surface area contributed by atoms with Crippen molar-refractivity contribution in [2.75, 3.05) is 5.32 Å². The van der Waals surface area contributed by atoms with Crippen molar-refractivity contribution in [2.24, 2.45) is 0 Å². The second-order valence-corrected chi connectivity index (χ2v) is 5.35. The van der Waals surface area contributed by atoms with Crippen LogP contribution in [-0.2, 0) is 11.3 Å². The minimum absolute atomic E-state index is 0.148. The quantitative estimate of drug-likeness (QED) is 0.857. The predicted molar refractivity (Wildman–Crippen MR) is 72.3 cm³/mol. The molecule has 0 saturated heterocycles. The SMILES string of the molecule is CC(C)(C)c1ccc(Nc2nnc(CCl)o2)cc1. The number of hydrogen-bond acceptors (Lipinski definition) is 4. The van der Waals surface area contributed by atoms with Crippen LogP contribution >= 0.6 is 11.6 Å². The van der Waals surface area contributed by atoms with Crippen LogP contribution in [0.2, 0.25) is 0 Å². The third-order valence-corrected chi connectivity index (χ3v) is 2.81. The minimum atomic E-state index is 0.148. The summed E-state index contributed by atoms with van der Waals surface area (Å²) < 4.78 is 5.27. The average molecular weight is 266 g/mol. The van der Waals surface area contributed by atoms with Crippen LogP contribution in [0.15, 0.2) is 28.7 Å². The number of aromatic nitrogens is 2. The van der Waals surface area contributed by atoms with Crippen LogP contribution in [-0.4, -0.2) is 10.2 Å². The molecule has 5 heteroatoms. The van der Waals surface area contributed by atoms with E-state index in [1.165, 1.54) is 5.56 Å². The molecule has 96 valence electrons. The largest absolute Gasteiger partial charge is 0.407 e. The van der Waals surface area contributed by atoms with E-state index in [1.54, 1.807) is 0 Å². The summed E-state index contributed by atoms with van der Waals surface area (Å²) >= 11 is 5.59. The van der Waals surface area contributed by atoms with Gasteiger partial charge in [-0.05, 0) is 23.1 Å². The van der Waals surface area contributed by atoms with Gasteiger partial charge in [-0.15, -0.1) is 16.7 Å². The van der Waals surface area contributed by atoms with Gasteiger partial charge >= 0.3 is 6.01 Å². The number of nitrogens with zero attached hydrogens (tertiary/aromatic N) is 2. The molecule has 0 amide bonds. The maximum absolute atomic E-state index is 5.59. The van der Waals surface area contributed by atoms with Crippen LogP contribution < -0.4 is 5.32 Å². The molecule has 0 unspecified atom stereocenters. The highest BCUT2D eigenvalue weighted by Gasteiger charge is 2.13. The number of rotatable bonds is 3. The lowest BCUT2D eigenvalue weighted by Crippen LogP contribution is -2.10. The molecule has 0 fully saturated rings. The molecule has 1 N–H and O–H groups in total. The lowest BCUT2D eigenvalue weighted by Gasteiger charge is -2.19. The topological polar surface area (TPSA) is 51.0 Å². The monoisotopic (exact) mass is 265 g/mol. The molecule has 4 nitrogen and oxygen atoms in total. The first-order chi connectivity index (χ1) is 8.49. The number of alkyl halides is 1. The summed E-state index contributed by atoms with van der Waals surface area (Å²) in [5, 5.41) is 10.7. The van der Waals surface area contributed by atoms with Crippen LogP contribution in [0.3, 0.4) is 0 Å². The van der Waals surface area contributed by atoms with E-state index < -0.39 is 0 Å². The average Bonchev–Trinajstić information content (AvgIpc) is 2.76. The lowest BCUT2D eigenvalue weighted by molar-refractivity contribution is 0.530. The zero-order valence-corrected chi connectivity index (χ0v) is 11.5. The molecule has 0 aliphatic carbocycles. The van der Waals surface area contributed by atoms with Crippen LogP contribution in [0.5, 0.6) is 0 Å². The van der Waals surface area contributed by atoms with Gasteiger partial charge in [0.2, 0.25) is 5.89 Å². The lowest BCUT2D eigenvalue weighted by atomic mass is 9.87. The zero-order chi connectivity index (χ0) is 13.2. The number of nitrogens with one attached hydrogen (secondary N) is 1. The predicted octanol–water partition coefficient (Wildman–Crippen LogP) is 3.85. The van der Waals surface area contributed by atoms with Crippen LogP contribution in [0, 0.1) is 0 Å². The van der Waals surface area contributed by atoms with E-state index in [9.17, 15) is 0 Å². The zero-order valence-electron chi connectivity index (χ0n) is 10.7. The highest BCUT2D eigenvalue weighted by Crippen LogP contribution is 2.24. The van der Waals surface area contributed by atoms with Gasteiger partial charge in [-0.25, -0.2) is 0 Å². The van der Waals surface area contributed by atoms with Crippen LogP contribution in [0.25, 0.3) is 0 Å². The molecule has 2 aromatic rings. The number of benzene rings is 1. The van der Waals surface area contributed by atoms with Gasteiger partial charge in [0, 0.05) is 5.69 Å². The van der Waals surface area contributed by atoms with Crippen molar-refractivity contribution in [2.45, 2.75) is 32.1 Å². The van der Waals surface area contributed by atoms with E-state index in [4.69, 9.17) is 16.0 Å². The van der Waals surface area contributed by atoms with Gasteiger partial charge in [-0.1, -0.05) is 38.0 Å². The van der Waals surface area contributed by atoms with E-state index in [2.05, 4.69) is 48.4 Å². The van der Waals surface area contributed by atoms with Gasteiger partial charge in [0.25, 0.3) is 0 Å². The Bertz CT molecular complexity index is 514. The fourth-order valence-corrected chi connectivity index (χ4v) is 1.64. The fourth-order valence-electron chi connectivity index (χ4n) is 1.54. The summed E-state index contributed by atoms with van der Waals surface area (Å²) in [6.07, 6.45) is 0. The molecule has 0 radical (unpaired) electrons. The van der Waals surface area contributed by atoms with Gasteiger partial charge in [0.1, 0.15) is 5.88 Å². The van der Waals surface area contributed by atoms with E-state index in [-0.39, 0.29) is 11.3 Å². The normalized spacial score (nSPS) is 11.6. The van der Waals surface area contributed by atoms with Gasteiger partial charge in [-0.2, -0.15) is 0 Å². The van der Waals surface area contributed by atoms with E-state index >= 15 is 0 Å². The van der Waals surface area contributed by atoms with Crippen molar-refractivity contribution in [1.82, 2.24) is 10.2 Å². The van der Waals surface area contributed by atoms with Crippen LogP contribution in [0.1, 0.15) is 32.2 Å². The Hall–Kier alpha value is -1.55. The first-order valence-electron chi connectivity index (χ1n) is 5.75. The summed E-state index contributed by atoms with van der Waals surface area (Å²) in [6.45, 7) is 6.54. The summed E-state index contributed by atoms with van der Waals surface area (Å²) in [5.74, 6) is 0.628. The minimum Gasteiger partial charge on any atom is -0.407 e. The standard InChI is InChI=1S/C13H16ClN3O/c1-13(2,3)9-4-6-10(7-5-9)15-12-17-16-11(8-14)18-12/h4-7H,8H2,1-3H3,(H,15,17). The van der Waals surface area contributed by atoms with Gasteiger partial charge in [0.15, 0.2) is 0 Å². The maximum Gasteiger partial charge on any atom is 0.320 e. The summed E-state index contributed by atoms with van der Waals surface area (Å²) in [4.78, 5) is 0. The molecule has 0 spiro atoms. The molecular formula is C13H16ClN3O. The van der Waals surface area contributed by atoms with E-state index in [0.717, 1.165) is 5.69 Å². The molecule has 18 heavy (non-hydrogen) atoms. The molecular weight excluding hydrogens is 250 g/mol. The van der Waals surface area contributed by atoms with Crippen molar-refractivity contribution >= 4 is 23.3 Å². The summed E-state index contributed by atoms with van der Waals surface area (Å²) in [7, 11) is 0. The van der Waals surface area contributed by atoms with Crippen molar-refractivity contribution in [3.05, 3.63) is 35.7 Å². The molecule has 0 aliphatic heterocycles. The second-order valence-electron chi connectivity index (χ2n) is 5.09. The summed E-state index contributed by atoms with van der Waals surface area (Å²) in [6, 6.07) is 8.51. The maximum atomic E-state index is 5.59. The number of halogens is 1. The molecule has 2 rings (SSSR count). The Morgan fingerprint density at radius 2 is 1.83 bits per heavy atom. The van der Waals surface area contributed by atoms with Gasteiger partial charge in [-0.3, -0.25) is 0 Å². The second kappa shape index (κ2) is 4.98. The molecule has 0 atom stereocenters. The Kier molecular flexibility index (Phi) is 3.57. The molecule has 1 heterocycles. The Labute approximate surface area is 111 Å². The van der Waals surface area contributed by atoms with E-state index in [0.29, 0.717) is 11.9 Å². The summed E-state index contributed by atoms with van der Waals surface area (Å²) in [5.41, 5.74) is 2.34. The molecule has 0 saturated carbocycles. The molecule has 0 aliphatic rings. The third-order valence-electron chi connectivity index (χ3n) is 2.58. The smallest absolute Gasteiger partial charge is 0.320 e. The van der Waals surface area contributed by atoms with Gasteiger partial charge < -0.3 is 9.73 Å². The van der Waals surface area contributed by atoms with Crippen molar-refractivity contribution in [1.29, 1.82) is 0 Å². The Balaban J connectivity index is 2.11. The van der Waals surface area contributed by atoms with Gasteiger partial charge in [0.05, 0.1) is 0 Å². The van der Waals surface area contributed by atoms with Crippen LogP contribution in [0.4, 0.5) is 11.7 Å². The highest BCUT2D eigenvalue weighted by molar-refractivity contribution is 6.16. The fraction of sp³-hybridized carbons (Fsp3) is 0.385. The van der Waals surface area contributed by atoms with Crippen molar-refractivity contribution in [3.8, 4) is 0 Å².